The zero-order valence-corrected chi connectivity index (χ0v) is 14.4. The van der Waals surface area contributed by atoms with Gasteiger partial charge in [-0.25, -0.2) is 0 Å². The number of nitrogens with two attached hydrogens (primary N) is 1. The van der Waals surface area contributed by atoms with Crippen molar-refractivity contribution < 1.29 is 4.79 Å². The summed E-state index contributed by atoms with van der Waals surface area (Å²) in [6.07, 6.45) is 2.21. The number of nitrogens with zero attached hydrogens (tertiary/aromatic N) is 1. The van der Waals surface area contributed by atoms with Gasteiger partial charge in [-0.2, -0.15) is 0 Å². The third-order valence-corrected chi connectivity index (χ3v) is 4.07. The van der Waals surface area contributed by atoms with Gasteiger partial charge in [0, 0.05) is 25.0 Å². The van der Waals surface area contributed by atoms with E-state index in [-0.39, 0.29) is 18.0 Å². The van der Waals surface area contributed by atoms with Gasteiger partial charge in [0.2, 0.25) is 5.91 Å². The maximum atomic E-state index is 12.3. The number of halogens is 2. The van der Waals surface area contributed by atoms with Crippen LogP contribution < -0.4 is 5.73 Å². The van der Waals surface area contributed by atoms with E-state index >= 15 is 0 Å². The van der Waals surface area contributed by atoms with E-state index in [2.05, 4.69) is 0 Å². The largest absolute Gasteiger partial charge is 0.336 e. The van der Waals surface area contributed by atoms with E-state index < -0.39 is 0 Å². The number of benzene rings is 1. The van der Waals surface area contributed by atoms with Crippen molar-refractivity contribution in [2.24, 2.45) is 5.73 Å². The second-order valence-electron chi connectivity index (χ2n) is 5.73. The quantitative estimate of drug-likeness (QED) is 0.812. The zero-order valence-electron chi connectivity index (χ0n) is 12.9. The topological polar surface area (TPSA) is 46.3 Å². The minimum Gasteiger partial charge on any atom is -0.336 e. The molecule has 3 nitrogen and oxygen atoms in total. The van der Waals surface area contributed by atoms with Crippen LogP contribution in [0.25, 0.3) is 0 Å². The highest BCUT2D eigenvalue weighted by Gasteiger charge is 2.17. The summed E-state index contributed by atoms with van der Waals surface area (Å²) in [5.41, 5.74) is 6.70. The molecule has 0 aliphatic heterocycles. The molecule has 0 aromatic heterocycles. The fraction of sp³-hybridized carbons (Fsp3) is 0.562. The van der Waals surface area contributed by atoms with Gasteiger partial charge in [0.15, 0.2) is 0 Å². The molecular formula is C16H24Cl2N2O. The van der Waals surface area contributed by atoms with E-state index in [9.17, 15) is 4.79 Å². The van der Waals surface area contributed by atoms with E-state index in [1.165, 1.54) is 0 Å². The molecule has 1 atom stereocenters. The first-order valence-electron chi connectivity index (χ1n) is 7.30. The van der Waals surface area contributed by atoms with Gasteiger partial charge in [-0.3, -0.25) is 4.79 Å². The Kier molecular flexibility index (Phi) is 7.50. The standard InChI is InChI=1S/C16H24Cl2N2O/c1-11(2)20(16(21)6-4-5-12(3)19)10-13-7-8-14(17)15(18)9-13/h7-9,11-12H,4-6,10,19H2,1-3H3. The summed E-state index contributed by atoms with van der Waals surface area (Å²) in [7, 11) is 0. The summed E-state index contributed by atoms with van der Waals surface area (Å²) < 4.78 is 0. The lowest BCUT2D eigenvalue weighted by atomic mass is 10.1. The minimum atomic E-state index is 0.139. The summed E-state index contributed by atoms with van der Waals surface area (Å²) in [6, 6.07) is 5.76. The van der Waals surface area contributed by atoms with Crippen LogP contribution in [0.4, 0.5) is 0 Å². The lowest BCUT2D eigenvalue weighted by molar-refractivity contribution is -0.133. The van der Waals surface area contributed by atoms with E-state index in [1.54, 1.807) is 6.07 Å². The van der Waals surface area contributed by atoms with Gasteiger partial charge in [-0.05, 0) is 51.3 Å². The molecule has 2 N–H and O–H groups in total. The second-order valence-corrected chi connectivity index (χ2v) is 6.55. The van der Waals surface area contributed by atoms with Crippen molar-refractivity contribution in [1.29, 1.82) is 0 Å². The molecule has 0 saturated heterocycles. The maximum Gasteiger partial charge on any atom is 0.223 e. The van der Waals surface area contributed by atoms with Crippen LogP contribution >= 0.6 is 23.2 Å². The monoisotopic (exact) mass is 330 g/mol. The molecule has 1 rings (SSSR count). The number of amides is 1. The van der Waals surface area contributed by atoms with Crippen LogP contribution in [0.1, 0.15) is 45.6 Å². The Morgan fingerprint density at radius 2 is 1.90 bits per heavy atom. The first-order valence-corrected chi connectivity index (χ1v) is 8.05. The Morgan fingerprint density at radius 3 is 2.43 bits per heavy atom. The average Bonchev–Trinajstić information content (AvgIpc) is 2.39. The smallest absolute Gasteiger partial charge is 0.223 e. The molecule has 1 amide bonds. The van der Waals surface area contributed by atoms with Crippen LogP contribution in [-0.4, -0.2) is 22.9 Å². The molecular weight excluding hydrogens is 307 g/mol. The normalized spacial score (nSPS) is 12.5. The molecule has 1 unspecified atom stereocenters. The molecule has 0 aliphatic rings. The van der Waals surface area contributed by atoms with Crippen LogP contribution in [0, 0.1) is 0 Å². The highest BCUT2D eigenvalue weighted by molar-refractivity contribution is 6.42. The minimum absolute atomic E-state index is 0.139. The predicted molar refractivity (Wildman–Crippen MR) is 89.6 cm³/mol. The molecule has 0 spiro atoms. The van der Waals surface area contributed by atoms with E-state index in [0.717, 1.165) is 18.4 Å². The molecule has 1 aromatic rings. The number of carbonyl (C=O) groups is 1. The molecule has 1 aromatic carbocycles. The fourth-order valence-corrected chi connectivity index (χ4v) is 2.43. The van der Waals surface area contributed by atoms with Gasteiger partial charge >= 0.3 is 0 Å². The molecule has 0 bridgehead atoms. The van der Waals surface area contributed by atoms with Gasteiger partial charge in [0.1, 0.15) is 0 Å². The van der Waals surface area contributed by atoms with Crippen LogP contribution in [0.2, 0.25) is 10.0 Å². The Bertz CT molecular complexity index is 475. The third-order valence-electron chi connectivity index (χ3n) is 3.33. The summed E-state index contributed by atoms with van der Waals surface area (Å²) in [5, 5.41) is 1.04. The van der Waals surface area contributed by atoms with Crippen molar-refractivity contribution >= 4 is 29.1 Å². The van der Waals surface area contributed by atoms with Crippen molar-refractivity contribution in [2.45, 2.75) is 58.7 Å². The second kappa shape index (κ2) is 8.62. The van der Waals surface area contributed by atoms with E-state index in [1.807, 2.05) is 37.8 Å². The highest BCUT2D eigenvalue weighted by Crippen LogP contribution is 2.24. The molecule has 0 fully saturated rings. The molecule has 5 heteroatoms. The predicted octanol–water partition coefficient (Wildman–Crippen LogP) is 4.25. The molecule has 118 valence electrons. The Labute approximate surface area is 137 Å². The third kappa shape index (κ3) is 6.25. The fourth-order valence-electron chi connectivity index (χ4n) is 2.11. The molecule has 21 heavy (non-hydrogen) atoms. The van der Waals surface area contributed by atoms with Crippen LogP contribution in [0.5, 0.6) is 0 Å². The summed E-state index contributed by atoms with van der Waals surface area (Å²) >= 11 is 11.9. The lowest BCUT2D eigenvalue weighted by Gasteiger charge is -2.27. The highest BCUT2D eigenvalue weighted by atomic mass is 35.5. The van der Waals surface area contributed by atoms with Crippen LogP contribution in [0.15, 0.2) is 18.2 Å². The van der Waals surface area contributed by atoms with E-state index in [4.69, 9.17) is 28.9 Å². The molecule has 0 radical (unpaired) electrons. The van der Waals surface area contributed by atoms with Gasteiger partial charge < -0.3 is 10.6 Å². The molecule has 0 aliphatic carbocycles. The molecule has 0 heterocycles. The Hall–Kier alpha value is -0.770. The average molecular weight is 331 g/mol. The Balaban J connectivity index is 2.68. The summed E-state index contributed by atoms with van der Waals surface area (Å²) in [4.78, 5) is 14.2. The van der Waals surface area contributed by atoms with Crippen LogP contribution in [0.3, 0.4) is 0 Å². The van der Waals surface area contributed by atoms with Gasteiger partial charge in [0.25, 0.3) is 0 Å². The van der Waals surface area contributed by atoms with Gasteiger partial charge in [-0.1, -0.05) is 29.3 Å². The van der Waals surface area contributed by atoms with Crippen molar-refractivity contribution in [2.75, 3.05) is 0 Å². The van der Waals surface area contributed by atoms with Crippen LogP contribution in [-0.2, 0) is 11.3 Å². The van der Waals surface area contributed by atoms with Crippen molar-refractivity contribution in [1.82, 2.24) is 4.90 Å². The lowest BCUT2D eigenvalue weighted by Crippen LogP contribution is -2.36. The SMILES string of the molecule is CC(N)CCCC(=O)N(Cc1ccc(Cl)c(Cl)c1)C(C)C. The first-order chi connectivity index (χ1) is 9.81. The number of carbonyl (C=O) groups excluding carboxylic acids is 1. The van der Waals surface area contributed by atoms with Crippen molar-refractivity contribution in [3.05, 3.63) is 33.8 Å². The number of hydrogen-bond acceptors (Lipinski definition) is 2. The van der Waals surface area contributed by atoms with E-state index in [0.29, 0.717) is 23.0 Å². The maximum absolute atomic E-state index is 12.3. The van der Waals surface area contributed by atoms with Crippen molar-refractivity contribution in [3.8, 4) is 0 Å². The van der Waals surface area contributed by atoms with Crippen molar-refractivity contribution in [3.63, 3.8) is 0 Å². The Morgan fingerprint density at radius 1 is 1.24 bits per heavy atom. The zero-order chi connectivity index (χ0) is 16.0. The first kappa shape index (κ1) is 18.3. The van der Waals surface area contributed by atoms with Gasteiger partial charge in [-0.15, -0.1) is 0 Å². The molecule has 0 saturated carbocycles. The summed E-state index contributed by atoms with van der Waals surface area (Å²) in [5.74, 6) is 0.150. The summed E-state index contributed by atoms with van der Waals surface area (Å²) in [6.45, 7) is 6.54. The number of hydrogen-bond donors (Lipinski definition) is 1. The number of rotatable bonds is 7. The van der Waals surface area contributed by atoms with Gasteiger partial charge in [0.05, 0.1) is 10.0 Å².